The number of hydrogen-bond acceptors (Lipinski definition) is 5. The average Bonchev–Trinajstić information content (AvgIpc) is 2.97. The van der Waals surface area contributed by atoms with Gasteiger partial charge in [0.1, 0.15) is 11.5 Å². The Balaban J connectivity index is 1.43. The molecule has 3 aromatic rings. The summed E-state index contributed by atoms with van der Waals surface area (Å²) in [5, 5.41) is 12.8. The van der Waals surface area contributed by atoms with E-state index in [4.69, 9.17) is 14.2 Å². The molecule has 4 saturated carbocycles. The molecule has 6 heteroatoms. The lowest BCUT2D eigenvalue weighted by atomic mass is 9.48. The Bertz CT molecular complexity index is 1420. The molecular weight excluding hydrogens is 514 g/mol. The fourth-order valence-electron chi connectivity index (χ4n) is 7.68. The third-order valence-corrected chi connectivity index (χ3v) is 9.17. The summed E-state index contributed by atoms with van der Waals surface area (Å²) in [5.74, 6) is 6.19. The highest BCUT2D eigenvalue weighted by atomic mass is 16.7. The van der Waals surface area contributed by atoms with E-state index in [0.29, 0.717) is 5.56 Å². The van der Waals surface area contributed by atoms with Crippen LogP contribution in [0.25, 0.3) is 11.1 Å². The number of benzene rings is 3. The van der Waals surface area contributed by atoms with Gasteiger partial charge in [0.25, 0.3) is 5.91 Å². The molecule has 4 aliphatic rings. The largest absolute Gasteiger partial charge is 0.508 e. The van der Waals surface area contributed by atoms with E-state index >= 15 is 0 Å². The van der Waals surface area contributed by atoms with E-state index in [1.807, 2.05) is 37.3 Å². The number of phenols is 1. The second-order valence-corrected chi connectivity index (χ2v) is 11.9. The smallest absolute Gasteiger partial charge is 0.262 e. The molecular formula is C35H37NO5. The van der Waals surface area contributed by atoms with Crippen LogP contribution in [0.2, 0.25) is 0 Å². The van der Waals surface area contributed by atoms with Crippen LogP contribution < -0.4 is 10.1 Å². The van der Waals surface area contributed by atoms with Crippen molar-refractivity contribution in [1.29, 1.82) is 0 Å². The van der Waals surface area contributed by atoms with Crippen molar-refractivity contribution < 1.29 is 24.1 Å². The van der Waals surface area contributed by atoms with E-state index in [2.05, 4.69) is 29.4 Å². The monoisotopic (exact) mass is 551 g/mol. The maximum Gasteiger partial charge on any atom is 0.262 e. The van der Waals surface area contributed by atoms with Gasteiger partial charge < -0.3 is 19.3 Å². The number of hydrogen-bond donors (Lipinski definition) is 2. The number of carbonyl (C=O) groups is 1. The van der Waals surface area contributed by atoms with Crippen molar-refractivity contribution in [1.82, 2.24) is 5.32 Å². The molecule has 4 bridgehead atoms. The minimum absolute atomic E-state index is 0.0289. The summed E-state index contributed by atoms with van der Waals surface area (Å²) in [7, 11) is 1.60. The van der Waals surface area contributed by atoms with Gasteiger partial charge in [-0.3, -0.25) is 10.1 Å². The van der Waals surface area contributed by atoms with Gasteiger partial charge in [-0.1, -0.05) is 36.4 Å². The molecule has 1 atom stereocenters. The molecule has 1 amide bonds. The highest BCUT2D eigenvalue weighted by Crippen LogP contribution is 2.62. The van der Waals surface area contributed by atoms with Gasteiger partial charge in [-0.25, -0.2) is 0 Å². The Labute approximate surface area is 242 Å². The summed E-state index contributed by atoms with van der Waals surface area (Å²) < 4.78 is 17.6. The number of carbonyl (C=O) groups excluding carboxylic acids is 1. The van der Waals surface area contributed by atoms with Crippen molar-refractivity contribution in [2.45, 2.75) is 57.2 Å². The van der Waals surface area contributed by atoms with Crippen molar-refractivity contribution >= 4 is 5.91 Å². The summed E-state index contributed by atoms with van der Waals surface area (Å²) in [5.41, 5.74) is 4.28. The molecule has 0 aromatic heterocycles. The maximum absolute atomic E-state index is 12.6. The van der Waals surface area contributed by atoms with E-state index < -0.39 is 6.29 Å². The van der Waals surface area contributed by atoms with Gasteiger partial charge >= 0.3 is 0 Å². The van der Waals surface area contributed by atoms with Crippen LogP contribution in [0.15, 0.2) is 66.7 Å². The van der Waals surface area contributed by atoms with Crippen molar-refractivity contribution in [3.8, 4) is 34.6 Å². The number of methoxy groups -OCH3 is 1. The molecule has 3 aromatic carbocycles. The first kappa shape index (κ1) is 27.4. The fraction of sp³-hybridized carbons (Fsp3) is 0.400. The van der Waals surface area contributed by atoms with Gasteiger partial charge in [-0.15, -0.1) is 0 Å². The van der Waals surface area contributed by atoms with Crippen molar-refractivity contribution in [3.63, 3.8) is 0 Å². The number of nitrogens with one attached hydrogen (secondary N) is 1. The Kier molecular flexibility index (Phi) is 7.75. The zero-order valence-electron chi connectivity index (χ0n) is 23.7. The first-order valence-corrected chi connectivity index (χ1v) is 14.5. The predicted molar refractivity (Wildman–Crippen MR) is 157 cm³/mol. The topological polar surface area (TPSA) is 77.0 Å². The van der Waals surface area contributed by atoms with Crippen LogP contribution in [-0.4, -0.2) is 31.2 Å². The van der Waals surface area contributed by atoms with Gasteiger partial charge in [0.15, 0.2) is 13.1 Å². The van der Waals surface area contributed by atoms with Crippen molar-refractivity contribution in [3.05, 3.63) is 83.4 Å². The van der Waals surface area contributed by atoms with Gasteiger partial charge in [0, 0.05) is 35.4 Å². The lowest BCUT2D eigenvalue weighted by Gasteiger charge is -2.57. The third-order valence-electron chi connectivity index (χ3n) is 9.17. The summed E-state index contributed by atoms with van der Waals surface area (Å²) in [6.45, 7) is 1.86. The third kappa shape index (κ3) is 5.70. The Morgan fingerprint density at radius 3 is 2.27 bits per heavy atom. The van der Waals surface area contributed by atoms with Crippen molar-refractivity contribution in [2.24, 2.45) is 17.8 Å². The number of ether oxygens (including phenoxy) is 3. The first-order valence-electron chi connectivity index (χ1n) is 14.5. The molecule has 4 aliphatic carbocycles. The Hall–Kier alpha value is -3.79. The molecule has 7 rings (SSSR count). The number of rotatable bonds is 8. The maximum atomic E-state index is 12.6. The van der Waals surface area contributed by atoms with Crippen LogP contribution in [-0.2, 0) is 14.9 Å². The van der Waals surface area contributed by atoms with Crippen LogP contribution >= 0.6 is 0 Å². The molecule has 0 heterocycles. The minimum Gasteiger partial charge on any atom is -0.508 e. The molecule has 1 unspecified atom stereocenters. The van der Waals surface area contributed by atoms with Gasteiger partial charge in [-0.2, -0.15) is 0 Å². The number of aromatic hydroxyl groups is 1. The highest BCUT2D eigenvalue weighted by molar-refractivity contribution is 5.95. The van der Waals surface area contributed by atoms with Crippen LogP contribution in [0.5, 0.6) is 11.5 Å². The van der Waals surface area contributed by atoms with Crippen LogP contribution in [0, 0.1) is 29.7 Å². The van der Waals surface area contributed by atoms with E-state index in [1.54, 1.807) is 31.4 Å². The molecule has 0 spiro atoms. The zero-order chi connectivity index (χ0) is 28.4. The summed E-state index contributed by atoms with van der Waals surface area (Å²) >= 11 is 0. The lowest BCUT2D eigenvalue weighted by molar-refractivity contribution is -0.149. The van der Waals surface area contributed by atoms with E-state index in [1.165, 1.54) is 44.1 Å². The van der Waals surface area contributed by atoms with Crippen LogP contribution in [0.1, 0.15) is 66.9 Å². The normalized spacial score (nSPS) is 24.8. The second-order valence-electron chi connectivity index (χ2n) is 11.9. The molecule has 4 fully saturated rings. The Morgan fingerprint density at radius 1 is 0.976 bits per heavy atom. The molecule has 0 saturated heterocycles. The molecule has 212 valence electrons. The molecule has 41 heavy (non-hydrogen) atoms. The van der Waals surface area contributed by atoms with E-state index in [-0.39, 0.29) is 23.9 Å². The number of amides is 1. The second kappa shape index (κ2) is 11.6. The molecule has 0 radical (unpaired) electrons. The fourth-order valence-corrected chi connectivity index (χ4v) is 7.68. The molecule has 0 aliphatic heterocycles. The lowest BCUT2D eigenvalue weighted by Crippen LogP contribution is -2.48. The first-order chi connectivity index (χ1) is 19.9. The quantitative estimate of drug-likeness (QED) is 0.187. The minimum atomic E-state index is -0.411. The van der Waals surface area contributed by atoms with Crippen LogP contribution in [0.4, 0.5) is 0 Å². The Morgan fingerprint density at radius 2 is 1.63 bits per heavy atom. The molecule has 6 nitrogen and oxygen atoms in total. The summed E-state index contributed by atoms with van der Waals surface area (Å²) in [6, 6.07) is 23.3. The highest BCUT2D eigenvalue weighted by Gasteiger charge is 2.52. The standard InChI is InChI=1S/C35H37NO5/c1-23(39-2)40-22-41-33-31(35-19-24-16-25(20-35)18-26(17-24)21-35)13-10-28(32(33)27-8-11-30(37)12-9-27)14-15-36-34(38)29-6-4-3-5-7-29/h3-13,23-26,37H,16-22H2,1-2H3,(H,36,38). The van der Waals surface area contributed by atoms with Gasteiger partial charge in [0.2, 0.25) is 0 Å². The van der Waals surface area contributed by atoms with Gasteiger partial charge in [-0.05, 0) is 110 Å². The van der Waals surface area contributed by atoms with Gasteiger partial charge in [0.05, 0.1) is 0 Å². The predicted octanol–water partition coefficient (Wildman–Crippen LogP) is 6.61. The van der Waals surface area contributed by atoms with E-state index in [9.17, 15) is 9.90 Å². The summed E-state index contributed by atoms with van der Waals surface area (Å²) in [4.78, 5) is 12.6. The van der Waals surface area contributed by atoms with Crippen molar-refractivity contribution in [2.75, 3.05) is 13.9 Å². The average molecular weight is 552 g/mol. The SMILES string of the molecule is COC(C)OCOc1c(C23CC4CC(CC(C4)C2)C3)ccc(C#CNC(=O)c2ccccc2)c1-c1ccc(O)cc1. The zero-order valence-corrected chi connectivity index (χ0v) is 23.7. The van der Waals surface area contributed by atoms with Crippen LogP contribution in [0.3, 0.4) is 0 Å². The summed E-state index contributed by atoms with van der Waals surface area (Å²) in [6.07, 6.45) is 7.16. The molecule has 2 N–H and O–H groups in total. The van der Waals surface area contributed by atoms with E-state index in [0.717, 1.165) is 40.2 Å². The number of phenolic OH excluding ortho intramolecular Hbond substituents is 1.